The predicted molar refractivity (Wildman–Crippen MR) is 247 cm³/mol. The monoisotopic (exact) mass is 888 g/mol. The van der Waals surface area contributed by atoms with Crippen molar-refractivity contribution in [3.63, 3.8) is 0 Å². The molecule has 17 nitrogen and oxygen atoms in total. The van der Waals surface area contributed by atoms with Crippen LogP contribution in [0, 0.1) is 5.92 Å². The van der Waals surface area contributed by atoms with Crippen LogP contribution in [0.3, 0.4) is 0 Å². The minimum absolute atomic E-state index is 0.0279. The second-order valence-electron chi connectivity index (χ2n) is 17.4. The molecule has 5 amide bonds. The smallest absolute Gasteiger partial charge is 0.255 e. The molecule has 4 aliphatic heterocycles. The van der Waals surface area contributed by atoms with E-state index in [0.29, 0.717) is 68.9 Å². The maximum atomic E-state index is 14.2. The fraction of sp³-hybridized carbons (Fsp3) is 0.417. The number of hydrogen-bond acceptors (Lipinski definition) is 13. The number of likely N-dealkylation sites (tertiary alicyclic amines) is 1. The van der Waals surface area contributed by atoms with E-state index in [1.54, 1.807) is 42.5 Å². The van der Waals surface area contributed by atoms with Crippen molar-refractivity contribution in [3.8, 4) is 5.75 Å². The molecule has 0 bridgehead atoms. The highest BCUT2D eigenvalue weighted by atomic mass is 16.3. The van der Waals surface area contributed by atoms with Crippen molar-refractivity contribution in [2.24, 2.45) is 23.1 Å². The van der Waals surface area contributed by atoms with Gasteiger partial charge in [-0.15, -0.1) is 0 Å². The van der Waals surface area contributed by atoms with Crippen molar-refractivity contribution in [2.75, 3.05) is 62.7 Å². The van der Waals surface area contributed by atoms with Gasteiger partial charge in [-0.25, -0.2) is 0 Å². The van der Waals surface area contributed by atoms with Gasteiger partial charge in [-0.3, -0.25) is 34.1 Å². The Morgan fingerprint density at radius 1 is 0.831 bits per heavy atom. The largest absolute Gasteiger partial charge is 0.507 e. The van der Waals surface area contributed by atoms with Crippen molar-refractivity contribution in [1.82, 2.24) is 25.3 Å². The highest BCUT2D eigenvalue weighted by molar-refractivity contribution is 6.06. The number of aldehydes is 1. The zero-order valence-corrected chi connectivity index (χ0v) is 36.9. The maximum Gasteiger partial charge on any atom is 0.255 e. The highest BCUT2D eigenvalue weighted by Gasteiger charge is 2.37. The molecule has 0 radical (unpaired) electrons. The molecule has 3 aromatic rings. The molecule has 65 heavy (non-hydrogen) atoms. The molecule has 4 fully saturated rings. The minimum Gasteiger partial charge on any atom is -0.507 e. The first kappa shape index (κ1) is 46.0. The lowest BCUT2D eigenvalue weighted by molar-refractivity contribution is -0.137. The molecule has 17 heteroatoms. The predicted octanol–water partition coefficient (Wildman–Crippen LogP) is 2.46. The van der Waals surface area contributed by atoms with E-state index in [1.807, 2.05) is 46.2 Å². The summed E-state index contributed by atoms with van der Waals surface area (Å²) in [6.07, 6.45) is 6.82. The molecule has 4 aliphatic rings. The van der Waals surface area contributed by atoms with Crippen LogP contribution in [0.15, 0.2) is 90.4 Å². The number of carbonyl (C=O) groups excluding carboxylic acids is 6. The Hall–Kier alpha value is -7.04. The second-order valence-corrected chi connectivity index (χ2v) is 17.4. The number of piperazine rings is 1. The zero-order chi connectivity index (χ0) is 46.2. The molecule has 4 heterocycles. The number of carbonyl (C=O) groups is 6. The van der Waals surface area contributed by atoms with Crippen LogP contribution in [-0.2, 0) is 19.2 Å². The van der Waals surface area contributed by atoms with Crippen LogP contribution < -0.4 is 37.6 Å². The number of amides is 5. The molecule has 2 unspecified atom stereocenters. The topological polar surface area (TPSA) is 241 Å². The van der Waals surface area contributed by atoms with Crippen LogP contribution >= 0.6 is 0 Å². The fourth-order valence-corrected chi connectivity index (χ4v) is 9.40. The lowest BCUT2D eigenvalue weighted by atomic mass is 9.91. The van der Waals surface area contributed by atoms with Gasteiger partial charge < -0.3 is 52.1 Å². The number of imide groups is 1. The van der Waals surface area contributed by atoms with E-state index in [-0.39, 0.29) is 71.5 Å². The first-order valence-electron chi connectivity index (χ1n) is 22.4. The SMILES string of the molecule is CN(C(=O)c1cc(N2CCC(CCC(=O)N3CCC(NC(=O)C4CN(C(/C=C(\N)c5ccccc5O)=C(N)N)CCN4c4ccccc4)CC3)CC2)ccc1C=O)C1CCC(=O)NC1=O. The molecule has 344 valence electrons. The van der Waals surface area contributed by atoms with Gasteiger partial charge in [0, 0.05) is 99.9 Å². The number of anilines is 2. The normalized spacial score (nSPS) is 19.9. The van der Waals surface area contributed by atoms with Gasteiger partial charge in [0.15, 0.2) is 6.29 Å². The summed E-state index contributed by atoms with van der Waals surface area (Å²) in [5.41, 5.74) is 22.2. The van der Waals surface area contributed by atoms with Gasteiger partial charge in [-0.1, -0.05) is 30.3 Å². The van der Waals surface area contributed by atoms with Gasteiger partial charge in [-0.2, -0.15) is 0 Å². The van der Waals surface area contributed by atoms with Crippen LogP contribution in [0.5, 0.6) is 5.75 Å². The maximum absolute atomic E-state index is 14.2. The average Bonchev–Trinajstić information content (AvgIpc) is 3.32. The molecule has 4 saturated heterocycles. The third kappa shape index (κ3) is 10.8. The number of phenols is 1. The number of nitrogens with zero attached hydrogens (tertiary/aromatic N) is 5. The van der Waals surface area contributed by atoms with Gasteiger partial charge in [0.2, 0.25) is 23.6 Å². The second kappa shape index (κ2) is 20.6. The molecule has 9 N–H and O–H groups in total. The number of phenolic OH excluding ortho intramolecular Hbond substituents is 1. The fourth-order valence-electron chi connectivity index (χ4n) is 9.40. The van der Waals surface area contributed by atoms with Crippen LogP contribution in [0.25, 0.3) is 5.70 Å². The Labute approximate surface area is 379 Å². The summed E-state index contributed by atoms with van der Waals surface area (Å²) < 4.78 is 0. The highest BCUT2D eigenvalue weighted by Crippen LogP contribution is 2.30. The van der Waals surface area contributed by atoms with Gasteiger partial charge in [0.05, 0.1) is 11.3 Å². The summed E-state index contributed by atoms with van der Waals surface area (Å²) in [5, 5.41) is 16.0. The van der Waals surface area contributed by atoms with E-state index in [9.17, 15) is 33.9 Å². The lowest BCUT2D eigenvalue weighted by Crippen LogP contribution is -2.61. The van der Waals surface area contributed by atoms with E-state index in [4.69, 9.17) is 17.2 Å². The Morgan fingerprint density at radius 2 is 1.54 bits per heavy atom. The summed E-state index contributed by atoms with van der Waals surface area (Å²) in [7, 11) is 1.51. The van der Waals surface area contributed by atoms with Crippen molar-refractivity contribution in [3.05, 3.63) is 107 Å². The van der Waals surface area contributed by atoms with Gasteiger partial charge in [0.1, 0.15) is 23.7 Å². The average molecular weight is 889 g/mol. The van der Waals surface area contributed by atoms with Gasteiger partial charge >= 0.3 is 0 Å². The molecule has 7 rings (SSSR count). The van der Waals surface area contributed by atoms with E-state index in [0.717, 1.165) is 43.7 Å². The van der Waals surface area contributed by atoms with Crippen LogP contribution in [0.4, 0.5) is 11.4 Å². The first-order chi connectivity index (χ1) is 31.3. The summed E-state index contributed by atoms with van der Waals surface area (Å²) in [6, 6.07) is 20.2. The number of benzene rings is 3. The standard InChI is InChI=1S/C48H60N10O7/c1-54(39-14-15-43(61)53-46(39)63)48(65)37-27-35(13-12-32(37)30-59)55-21-17-31(18-22-55)11-16-44(62)56-23-19-33(20-24-56)52-47(64)41-29-57(25-26-58(41)34-7-3-2-4-8-34)40(45(50)51)28-38(49)36-9-5-6-10-42(36)60/h2-10,12-13,27-28,30-31,33,39,41,60H,11,14-26,29,49-51H2,1H3,(H,52,64)(H,53,61,63)/b38-28-. The number of nitrogens with one attached hydrogen (secondary N) is 2. The van der Waals surface area contributed by atoms with Crippen molar-refractivity contribution >= 4 is 52.9 Å². The third-order valence-electron chi connectivity index (χ3n) is 13.2. The molecule has 3 aromatic carbocycles. The Morgan fingerprint density at radius 3 is 2.22 bits per heavy atom. The third-order valence-corrected chi connectivity index (χ3v) is 13.2. The Kier molecular flexibility index (Phi) is 14.6. The summed E-state index contributed by atoms with van der Waals surface area (Å²) >= 11 is 0. The molecule has 0 saturated carbocycles. The number of allylic oxidation sites excluding steroid dienone is 1. The summed E-state index contributed by atoms with van der Waals surface area (Å²) in [6.45, 7) is 3.85. The number of piperidine rings is 3. The number of para-hydroxylation sites is 2. The minimum atomic E-state index is -0.803. The molecule has 0 aromatic heterocycles. The Balaban J connectivity index is 0.897. The van der Waals surface area contributed by atoms with Crippen LogP contribution in [0.1, 0.15) is 77.6 Å². The molecule has 0 aliphatic carbocycles. The molecular weight excluding hydrogens is 829 g/mol. The van der Waals surface area contributed by atoms with Crippen molar-refractivity contribution in [2.45, 2.75) is 69.5 Å². The first-order valence-corrected chi connectivity index (χ1v) is 22.4. The van der Waals surface area contributed by atoms with E-state index >= 15 is 0 Å². The number of nitrogens with two attached hydrogens (primary N) is 3. The summed E-state index contributed by atoms with van der Waals surface area (Å²) in [4.78, 5) is 86.6. The molecular formula is C48H60N10O7. The van der Waals surface area contributed by atoms with Gasteiger partial charge in [-0.05, 0) is 93.0 Å². The van der Waals surface area contributed by atoms with Gasteiger partial charge in [0.25, 0.3) is 5.91 Å². The van der Waals surface area contributed by atoms with E-state index in [2.05, 4.69) is 20.4 Å². The lowest BCUT2D eigenvalue weighted by Gasteiger charge is -2.44. The quantitative estimate of drug-likeness (QED) is 0.0823. The number of rotatable bonds is 13. The number of aromatic hydroxyl groups is 1. The van der Waals surface area contributed by atoms with E-state index < -0.39 is 23.9 Å². The van der Waals surface area contributed by atoms with Crippen LogP contribution in [-0.4, -0.2) is 127 Å². The van der Waals surface area contributed by atoms with Crippen molar-refractivity contribution < 1.29 is 33.9 Å². The zero-order valence-electron chi connectivity index (χ0n) is 36.9. The number of likely N-dealkylation sites (N-methyl/N-ethyl adjacent to an activating group) is 1. The van der Waals surface area contributed by atoms with E-state index in [1.165, 1.54) is 11.9 Å². The molecule has 2 atom stereocenters. The number of hydrogen-bond donors (Lipinski definition) is 6. The van der Waals surface area contributed by atoms with Crippen molar-refractivity contribution in [1.29, 1.82) is 0 Å². The molecule has 0 spiro atoms. The Bertz CT molecular complexity index is 2320. The summed E-state index contributed by atoms with van der Waals surface area (Å²) in [5.74, 6) is -0.958. The van der Waals surface area contributed by atoms with Crippen LogP contribution in [0.2, 0.25) is 0 Å².